The van der Waals surface area contributed by atoms with Gasteiger partial charge in [0.2, 0.25) is 5.13 Å². The quantitative estimate of drug-likeness (QED) is 0.931. The van der Waals surface area contributed by atoms with Gasteiger partial charge in [-0.1, -0.05) is 12.1 Å². The maximum Gasteiger partial charge on any atom is 0.202 e. The van der Waals surface area contributed by atoms with E-state index in [0.29, 0.717) is 0 Å². The number of hydrogen-bond donors (Lipinski definition) is 1. The Bertz CT molecular complexity index is 528. The van der Waals surface area contributed by atoms with Crippen molar-refractivity contribution >= 4 is 16.7 Å². The molecule has 0 saturated heterocycles. The molecule has 0 atom stereocenters. The van der Waals surface area contributed by atoms with E-state index >= 15 is 0 Å². The van der Waals surface area contributed by atoms with Crippen molar-refractivity contribution in [2.24, 2.45) is 0 Å². The zero-order valence-corrected chi connectivity index (χ0v) is 12.5. The summed E-state index contributed by atoms with van der Waals surface area (Å²) in [5.74, 6) is 1.71. The number of benzene rings is 1. The lowest BCUT2D eigenvalue weighted by Gasteiger charge is -2.18. The van der Waals surface area contributed by atoms with Crippen molar-refractivity contribution in [3.05, 3.63) is 35.7 Å². The monoisotopic (exact) mass is 277 g/mol. The number of nitrogens with one attached hydrogen (secondary N) is 1. The average molecular weight is 277 g/mol. The van der Waals surface area contributed by atoms with Crippen molar-refractivity contribution in [2.75, 3.05) is 12.4 Å². The molecule has 1 aromatic carbocycles. The molecule has 2 rings (SSSR count). The lowest BCUT2D eigenvalue weighted by atomic mass is 10.1. The molecule has 0 bridgehead atoms. The van der Waals surface area contributed by atoms with Crippen molar-refractivity contribution in [1.82, 2.24) is 9.36 Å². The molecule has 4 nitrogen and oxygen atoms in total. The van der Waals surface area contributed by atoms with Crippen LogP contribution in [0.5, 0.6) is 5.75 Å². The van der Waals surface area contributed by atoms with Gasteiger partial charge in [0.25, 0.3) is 0 Å². The van der Waals surface area contributed by atoms with E-state index in [0.717, 1.165) is 23.1 Å². The fraction of sp³-hybridized carbons (Fsp3) is 0.429. The summed E-state index contributed by atoms with van der Waals surface area (Å²) in [6.07, 6.45) is 0.742. The average Bonchev–Trinajstić information content (AvgIpc) is 2.75. The molecule has 2 aromatic rings. The van der Waals surface area contributed by atoms with E-state index in [1.165, 1.54) is 17.1 Å². The number of ether oxygens (including phenoxy) is 1. The second kappa shape index (κ2) is 5.57. The first-order valence-electron chi connectivity index (χ1n) is 6.20. The van der Waals surface area contributed by atoms with Crippen LogP contribution in [0.25, 0.3) is 0 Å². The minimum absolute atomic E-state index is 0.0108. The Balaban J connectivity index is 2.02. The summed E-state index contributed by atoms with van der Waals surface area (Å²) in [6.45, 7) is 6.33. The molecule has 0 aliphatic rings. The van der Waals surface area contributed by atoms with Gasteiger partial charge in [-0.3, -0.25) is 0 Å². The lowest BCUT2D eigenvalue weighted by Crippen LogP contribution is -2.25. The van der Waals surface area contributed by atoms with Crippen molar-refractivity contribution in [3.63, 3.8) is 0 Å². The molecule has 102 valence electrons. The summed E-state index contributed by atoms with van der Waals surface area (Å²) >= 11 is 1.41. The molecule has 1 heterocycles. The van der Waals surface area contributed by atoms with E-state index in [1.807, 2.05) is 24.3 Å². The molecule has 0 unspecified atom stereocenters. The normalized spacial score (nSPS) is 11.4. The van der Waals surface area contributed by atoms with Gasteiger partial charge in [-0.05, 0) is 38.5 Å². The molecular weight excluding hydrogens is 258 g/mol. The van der Waals surface area contributed by atoms with Crippen molar-refractivity contribution in [1.29, 1.82) is 0 Å². The largest absolute Gasteiger partial charge is 0.497 e. The third kappa shape index (κ3) is 4.21. The summed E-state index contributed by atoms with van der Waals surface area (Å²) < 4.78 is 9.51. The topological polar surface area (TPSA) is 47.0 Å². The summed E-state index contributed by atoms with van der Waals surface area (Å²) in [5.41, 5.74) is 1.19. The first-order valence-corrected chi connectivity index (χ1v) is 6.97. The smallest absolute Gasteiger partial charge is 0.202 e. The summed E-state index contributed by atoms with van der Waals surface area (Å²) in [4.78, 5) is 4.50. The lowest BCUT2D eigenvalue weighted by molar-refractivity contribution is 0.414. The third-order valence-corrected chi connectivity index (χ3v) is 3.14. The van der Waals surface area contributed by atoms with Gasteiger partial charge in [0.05, 0.1) is 7.11 Å². The Morgan fingerprint density at radius 3 is 2.47 bits per heavy atom. The Labute approximate surface area is 118 Å². The van der Waals surface area contributed by atoms with Crippen LogP contribution in [0.1, 0.15) is 32.2 Å². The third-order valence-electron chi connectivity index (χ3n) is 2.47. The van der Waals surface area contributed by atoms with Crippen molar-refractivity contribution in [3.8, 4) is 5.75 Å². The van der Waals surface area contributed by atoms with Crippen LogP contribution >= 0.6 is 11.5 Å². The molecule has 1 N–H and O–H groups in total. The van der Waals surface area contributed by atoms with Crippen LogP contribution < -0.4 is 10.1 Å². The highest BCUT2D eigenvalue weighted by atomic mass is 32.1. The number of nitrogens with zero attached hydrogens (tertiary/aromatic N) is 2. The van der Waals surface area contributed by atoms with Crippen molar-refractivity contribution in [2.45, 2.75) is 32.7 Å². The Morgan fingerprint density at radius 1 is 1.21 bits per heavy atom. The predicted octanol–water partition coefficient (Wildman–Crippen LogP) is 3.35. The van der Waals surface area contributed by atoms with Crippen LogP contribution in [0.3, 0.4) is 0 Å². The van der Waals surface area contributed by atoms with Gasteiger partial charge in [0.1, 0.15) is 11.6 Å². The Morgan fingerprint density at radius 2 is 1.89 bits per heavy atom. The predicted molar refractivity (Wildman–Crippen MR) is 79.1 cm³/mol. The highest BCUT2D eigenvalue weighted by Gasteiger charge is 2.13. The van der Waals surface area contributed by atoms with Crippen LogP contribution in [0.4, 0.5) is 5.13 Å². The molecule has 0 radical (unpaired) electrons. The number of anilines is 1. The first-order chi connectivity index (χ1) is 8.96. The van der Waals surface area contributed by atoms with Crippen molar-refractivity contribution < 1.29 is 4.74 Å². The Hall–Kier alpha value is -1.62. The SMILES string of the molecule is COc1ccc(Cc2nsc(NC(C)(C)C)n2)cc1. The number of methoxy groups -OCH3 is 1. The van der Waals surface area contributed by atoms with E-state index < -0.39 is 0 Å². The van der Waals surface area contributed by atoms with E-state index in [4.69, 9.17) is 4.74 Å². The zero-order chi connectivity index (χ0) is 13.9. The minimum atomic E-state index is 0.0108. The maximum atomic E-state index is 5.14. The highest BCUT2D eigenvalue weighted by Crippen LogP contribution is 2.19. The first kappa shape index (κ1) is 13.8. The maximum absolute atomic E-state index is 5.14. The fourth-order valence-electron chi connectivity index (χ4n) is 1.62. The second-order valence-electron chi connectivity index (χ2n) is 5.42. The van der Waals surface area contributed by atoms with Crippen LogP contribution in [-0.2, 0) is 6.42 Å². The van der Waals surface area contributed by atoms with Gasteiger partial charge < -0.3 is 10.1 Å². The number of rotatable bonds is 4. The number of hydrogen-bond acceptors (Lipinski definition) is 5. The second-order valence-corrected chi connectivity index (χ2v) is 6.17. The molecular formula is C14H19N3OS. The molecule has 0 amide bonds. The van der Waals surface area contributed by atoms with Gasteiger partial charge in [0, 0.05) is 23.5 Å². The zero-order valence-electron chi connectivity index (χ0n) is 11.7. The van der Waals surface area contributed by atoms with E-state index in [9.17, 15) is 0 Å². The summed E-state index contributed by atoms with van der Waals surface area (Å²) in [6, 6.07) is 7.99. The fourth-order valence-corrected chi connectivity index (χ4v) is 2.42. The van der Waals surface area contributed by atoms with E-state index in [1.54, 1.807) is 7.11 Å². The Kier molecular flexibility index (Phi) is 4.04. The standard InChI is InChI=1S/C14H19N3OS/c1-14(2,3)16-13-15-12(17-19-13)9-10-5-7-11(18-4)8-6-10/h5-8H,9H2,1-4H3,(H,15,16,17). The summed E-state index contributed by atoms with van der Waals surface area (Å²) in [7, 11) is 1.67. The number of aromatic nitrogens is 2. The van der Waals surface area contributed by atoms with Gasteiger partial charge in [-0.15, -0.1) is 0 Å². The molecule has 0 aliphatic carbocycles. The summed E-state index contributed by atoms with van der Waals surface area (Å²) in [5, 5.41) is 4.20. The van der Waals surface area contributed by atoms with Crippen LogP contribution in [-0.4, -0.2) is 22.0 Å². The molecule has 0 saturated carbocycles. The highest BCUT2D eigenvalue weighted by molar-refractivity contribution is 7.09. The molecule has 19 heavy (non-hydrogen) atoms. The molecule has 5 heteroatoms. The van der Waals surface area contributed by atoms with Gasteiger partial charge in [-0.2, -0.15) is 4.37 Å². The molecule has 0 aliphatic heterocycles. The van der Waals surface area contributed by atoms with Gasteiger partial charge in [0.15, 0.2) is 0 Å². The van der Waals surface area contributed by atoms with Crippen LogP contribution in [0.2, 0.25) is 0 Å². The van der Waals surface area contributed by atoms with Gasteiger partial charge in [-0.25, -0.2) is 4.98 Å². The molecule has 0 spiro atoms. The minimum Gasteiger partial charge on any atom is -0.497 e. The van der Waals surface area contributed by atoms with Crippen LogP contribution in [0, 0.1) is 0 Å². The van der Waals surface area contributed by atoms with E-state index in [-0.39, 0.29) is 5.54 Å². The van der Waals surface area contributed by atoms with Crippen LogP contribution in [0.15, 0.2) is 24.3 Å². The molecule has 1 aromatic heterocycles. The van der Waals surface area contributed by atoms with E-state index in [2.05, 4.69) is 35.4 Å². The van der Waals surface area contributed by atoms with Gasteiger partial charge >= 0.3 is 0 Å². The molecule has 0 fully saturated rings.